The Morgan fingerprint density at radius 3 is 2.50 bits per heavy atom. The Bertz CT molecular complexity index is 236. The van der Waals surface area contributed by atoms with Gasteiger partial charge in [0.05, 0.1) is 6.04 Å². The van der Waals surface area contributed by atoms with E-state index in [1.165, 1.54) is 6.92 Å². The first-order valence-corrected chi connectivity index (χ1v) is 4.24. The van der Waals surface area contributed by atoms with Crippen molar-refractivity contribution in [2.75, 3.05) is 6.73 Å². The Morgan fingerprint density at radius 2 is 2.25 bits per heavy atom. The van der Waals surface area contributed by atoms with E-state index in [0.29, 0.717) is 5.76 Å². The number of hydrogen-bond donors (Lipinski definition) is 0. The second-order valence-corrected chi connectivity index (χ2v) is 3.51. The molecule has 0 bridgehead atoms. The summed E-state index contributed by atoms with van der Waals surface area (Å²) in [7, 11) is 0. The molecule has 1 rings (SSSR count). The highest BCUT2D eigenvalue weighted by molar-refractivity contribution is 6.56. The van der Waals surface area contributed by atoms with Crippen LogP contribution in [-0.4, -0.2) is 23.6 Å². The molecular formula is C7H9Cl2NO2. The van der Waals surface area contributed by atoms with E-state index < -0.39 is 0 Å². The molecule has 1 aliphatic heterocycles. The van der Waals surface area contributed by atoms with Crippen LogP contribution in [0.1, 0.15) is 13.8 Å². The highest BCUT2D eigenvalue weighted by atomic mass is 35.5. The van der Waals surface area contributed by atoms with Gasteiger partial charge in [-0.1, -0.05) is 23.2 Å². The van der Waals surface area contributed by atoms with Crippen LogP contribution in [0.25, 0.3) is 0 Å². The fourth-order valence-electron chi connectivity index (χ4n) is 1.09. The quantitative estimate of drug-likeness (QED) is 0.610. The standard InChI is InChI=1S/C7H9Cl2NO2/c1-4-6(7(8)9)12-3-10(4)5(2)11/h4H,3H2,1-2H3/t4-/m0/s1. The lowest BCUT2D eigenvalue weighted by Gasteiger charge is -2.15. The molecule has 12 heavy (non-hydrogen) atoms. The summed E-state index contributed by atoms with van der Waals surface area (Å²) in [5, 5.41) is 0. The van der Waals surface area contributed by atoms with E-state index >= 15 is 0 Å². The smallest absolute Gasteiger partial charge is 0.222 e. The predicted octanol–water partition coefficient (Wildman–Crippen LogP) is 1.86. The second kappa shape index (κ2) is 3.54. The topological polar surface area (TPSA) is 29.5 Å². The highest BCUT2D eigenvalue weighted by Gasteiger charge is 2.30. The molecule has 0 unspecified atom stereocenters. The first-order valence-electron chi connectivity index (χ1n) is 3.49. The van der Waals surface area contributed by atoms with Crippen molar-refractivity contribution in [3.8, 4) is 0 Å². The Hall–Kier alpha value is -0.410. The highest BCUT2D eigenvalue weighted by Crippen LogP contribution is 2.27. The summed E-state index contributed by atoms with van der Waals surface area (Å²) in [5.74, 6) is 0.417. The van der Waals surface area contributed by atoms with E-state index in [1.54, 1.807) is 4.90 Å². The number of ether oxygens (including phenoxy) is 1. The molecule has 1 saturated heterocycles. The molecule has 0 aliphatic carbocycles. The van der Waals surface area contributed by atoms with Crippen LogP contribution in [0.2, 0.25) is 0 Å². The lowest BCUT2D eigenvalue weighted by atomic mass is 10.3. The molecule has 1 amide bonds. The number of rotatable bonds is 0. The second-order valence-electron chi connectivity index (χ2n) is 2.56. The molecular weight excluding hydrogens is 201 g/mol. The number of carbonyl (C=O) groups is 1. The average Bonchev–Trinajstić information content (AvgIpc) is 2.30. The van der Waals surface area contributed by atoms with Gasteiger partial charge in [-0.2, -0.15) is 0 Å². The van der Waals surface area contributed by atoms with E-state index in [0.717, 1.165) is 0 Å². The average molecular weight is 210 g/mol. The minimum atomic E-state index is -0.160. The van der Waals surface area contributed by atoms with Crippen molar-refractivity contribution in [3.63, 3.8) is 0 Å². The largest absolute Gasteiger partial charge is 0.473 e. The van der Waals surface area contributed by atoms with Crippen molar-refractivity contribution in [2.45, 2.75) is 19.9 Å². The van der Waals surface area contributed by atoms with Gasteiger partial charge in [-0.25, -0.2) is 0 Å². The zero-order valence-corrected chi connectivity index (χ0v) is 8.32. The zero-order chi connectivity index (χ0) is 9.30. The maximum absolute atomic E-state index is 11.0. The van der Waals surface area contributed by atoms with Gasteiger partial charge in [0.15, 0.2) is 12.5 Å². The van der Waals surface area contributed by atoms with Crippen molar-refractivity contribution in [2.24, 2.45) is 0 Å². The van der Waals surface area contributed by atoms with Gasteiger partial charge < -0.3 is 4.74 Å². The van der Waals surface area contributed by atoms with Gasteiger partial charge in [-0.3, -0.25) is 9.69 Å². The van der Waals surface area contributed by atoms with E-state index in [1.807, 2.05) is 6.92 Å². The van der Waals surface area contributed by atoms with Crippen molar-refractivity contribution in [1.82, 2.24) is 4.90 Å². The first kappa shape index (κ1) is 9.68. The van der Waals surface area contributed by atoms with Crippen LogP contribution in [0, 0.1) is 0 Å². The normalized spacial score (nSPS) is 22.5. The van der Waals surface area contributed by atoms with E-state index in [2.05, 4.69) is 0 Å². The molecule has 1 atom stereocenters. The molecule has 1 aliphatic rings. The molecule has 3 nitrogen and oxygen atoms in total. The van der Waals surface area contributed by atoms with E-state index in [4.69, 9.17) is 27.9 Å². The minimum absolute atomic E-state index is 0.0490. The van der Waals surface area contributed by atoms with Crippen molar-refractivity contribution < 1.29 is 9.53 Å². The molecule has 0 aromatic heterocycles. The first-order chi connectivity index (χ1) is 5.54. The molecule has 0 spiro atoms. The maximum Gasteiger partial charge on any atom is 0.222 e. The third kappa shape index (κ3) is 1.67. The predicted molar refractivity (Wildman–Crippen MR) is 46.7 cm³/mol. The monoisotopic (exact) mass is 209 g/mol. The lowest BCUT2D eigenvalue weighted by molar-refractivity contribution is -0.130. The Balaban J connectivity index is 2.81. The molecule has 68 valence electrons. The van der Waals surface area contributed by atoms with Crippen LogP contribution < -0.4 is 0 Å². The molecule has 5 heteroatoms. The molecule has 0 aromatic carbocycles. The molecule has 0 saturated carbocycles. The summed E-state index contributed by atoms with van der Waals surface area (Å²) >= 11 is 11.1. The van der Waals surface area contributed by atoms with Gasteiger partial charge in [0.25, 0.3) is 0 Å². The van der Waals surface area contributed by atoms with Crippen LogP contribution in [0.5, 0.6) is 0 Å². The van der Waals surface area contributed by atoms with Crippen molar-refractivity contribution in [1.29, 1.82) is 0 Å². The lowest BCUT2D eigenvalue weighted by Crippen LogP contribution is -2.32. The Labute approximate surface area is 80.9 Å². The van der Waals surface area contributed by atoms with Crippen LogP contribution in [0.3, 0.4) is 0 Å². The zero-order valence-electron chi connectivity index (χ0n) is 6.80. The summed E-state index contributed by atoms with van der Waals surface area (Å²) in [6, 6.07) is -0.160. The van der Waals surface area contributed by atoms with E-state index in [9.17, 15) is 4.79 Å². The fraction of sp³-hybridized carbons (Fsp3) is 0.571. The van der Waals surface area contributed by atoms with Crippen LogP contribution in [0.15, 0.2) is 10.3 Å². The summed E-state index contributed by atoms with van der Waals surface area (Å²) in [6.45, 7) is 3.52. The Kier molecular flexibility index (Phi) is 2.85. The van der Waals surface area contributed by atoms with Crippen molar-refractivity contribution >= 4 is 29.1 Å². The van der Waals surface area contributed by atoms with Crippen molar-refractivity contribution in [3.05, 3.63) is 10.3 Å². The minimum Gasteiger partial charge on any atom is -0.473 e. The van der Waals surface area contributed by atoms with Gasteiger partial charge in [0, 0.05) is 6.92 Å². The molecule has 1 fully saturated rings. The molecule has 0 aromatic rings. The summed E-state index contributed by atoms with van der Waals surface area (Å²) < 4.78 is 5.21. The third-order valence-electron chi connectivity index (χ3n) is 1.80. The summed E-state index contributed by atoms with van der Waals surface area (Å²) in [5.41, 5.74) is 0. The van der Waals surface area contributed by atoms with Crippen LogP contribution in [-0.2, 0) is 9.53 Å². The number of hydrogen-bond acceptors (Lipinski definition) is 2. The van der Waals surface area contributed by atoms with Crippen LogP contribution in [0.4, 0.5) is 0 Å². The molecule has 0 radical (unpaired) electrons. The number of amides is 1. The van der Waals surface area contributed by atoms with E-state index in [-0.39, 0.29) is 23.2 Å². The van der Waals surface area contributed by atoms with Gasteiger partial charge in [0.2, 0.25) is 5.91 Å². The van der Waals surface area contributed by atoms with Crippen LogP contribution >= 0.6 is 23.2 Å². The molecule has 0 N–H and O–H groups in total. The number of carbonyl (C=O) groups excluding carboxylic acids is 1. The number of halogens is 2. The van der Waals surface area contributed by atoms with Gasteiger partial charge in [-0.15, -0.1) is 0 Å². The summed E-state index contributed by atoms with van der Waals surface area (Å²) in [6.07, 6.45) is 0. The Morgan fingerprint density at radius 1 is 1.67 bits per heavy atom. The summed E-state index contributed by atoms with van der Waals surface area (Å²) in [4.78, 5) is 12.5. The van der Waals surface area contributed by atoms with Gasteiger partial charge >= 0.3 is 0 Å². The maximum atomic E-state index is 11.0. The van der Waals surface area contributed by atoms with Gasteiger partial charge in [-0.05, 0) is 6.92 Å². The van der Waals surface area contributed by atoms with Gasteiger partial charge in [0.1, 0.15) is 4.49 Å². The number of nitrogens with zero attached hydrogens (tertiary/aromatic N) is 1. The SMILES string of the molecule is CC(=O)N1COC(=C(Cl)Cl)[C@@H]1C. The third-order valence-corrected chi connectivity index (χ3v) is 2.17. The molecule has 1 heterocycles. The fourth-order valence-corrected chi connectivity index (χ4v) is 1.51.